The summed E-state index contributed by atoms with van der Waals surface area (Å²) in [6.45, 7) is 10.1. The van der Waals surface area contributed by atoms with E-state index in [1.807, 2.05) is 6.07 Å². The minimum absolute atomic E-state index is 0.249. The number of rotatable bonds is 6. The van der Waals surface area contributed by atoms with E-state index in [9.17, 15) is 5.11 Å². The van der Waals surface area contributed by atoms with Gasteiger partial charge in [0.2, 0.25) is 0 Å². The molecule has 0 fully saturated rings. The molecule has 0 saturated carbocycles. The highest BCUT2D eigenvalue weighted by molar-refractivity contribution is 5.14. The van der Waals surface area contributed by atoms with E-state index in [2.05, 4.69) is 56.9 Å². The summed E-state index contributed by atoms with van der Waals surface area (Å²) in [5, 5.41) is 9.98. The van der Waals surface area contributed by atoms with Crippen LogP contribution in [0.2, 0.25) is 0 Å². The highest BCUT2D eigenvalue weighted by Crippen LogP contribution is 2.11. The summed E-state index contributed by atoms with van der Waals surface area (Å²) in [6.07, 6.45) is -0.249. The molecule has 1 aromatic rings. The molecule has 1 N–H and O–H groups in total. The lowest BCUT2D eigenvalue weighted by Crippen LogP contribution is -2.38. The molecule has 2 heteroatoms. The summed E-state index contributed by atoms with van der Waals surface area (Å²) in [4.78, 5) is 2.32. The van der Waals surface area contributed by atoms with Crippen molar-refractivity contribution >= 4 is 0 Å². The van der Waals surface area contributed by atoms with E-state index in [0.717, 1.165) is 13.1 Å². The van der Waals surface area contributed by atoms with E-state index in [1.165, 1.54) is 5.56 Å². The average molecular weight is 235 g/mol. The van der Waals surface area contributed by atoms with Crippen LogP contribution in [0.3, 0.4) is 0 Å². The van der Waals surface area contributed by atoms with Gasteiger partial charge in [-0.15, -0.1) is 0 Å². The van der Waals surface area contributed by atoms with Crippen LogP contribution in [0.4, 0.5) is 0 Å². The van der Waals surface area contributed by atoms with Crippen LogP contribution >= 0.6 is 0 Å². The molecule has 0 spiro atoms. The van der Waals surface area contributed by atoms with Gasteiger partial charge in [-0.05, 0) is 25.3 Å². The molecule has 0 radical (unpaired) electrons. The van der Waals surface area contributed by atoms with Gasteiger partial charge < -0.3 is 5.11 Å². The number of hydrogen-bond donors (Lipinski definition) is 1. The van der Waals surface area contributed by atoms with Crippen molar-refractivity contribution in [3.63, 3.8) is 0 Å². The lowest BCUT2D eigenvalue weighted by atomic mass is 10.1. The van der Waals surface area contributed by atoms with Gasteiger partial charge >= 0.3 is 0 Å². The molecule has 0 aliphatic carbocycles. The van der Waals surface area contributed by atoms with Gasteiger partial charge in [-0.1, -0.05) is 44.2 Å². The SMILES string of the molecule is CC(C)C(O)CN(Cc1ccccc1)C(C)C. The molecule has 2 nitrogen and oxygen atoms in total. The lowest BCUT2D eigenvalue weighted by molar-refractivity contribution is 0.0598. The highest BCUT2D eigenvalue weighted by Gasteiger charge is 2.17. The van der Waals surface area contributed by atoms with Crippen LogP contribution in [0.5, 0.6) is 0 Å². The molecule has 1 atom stereocenters. The number of hydrogen-bond acceptors (Lipinski definition) is 2. The Morgan fingerprint density at radius 3 is 2.12 bits per heavy atom. The molecule has 0 aromatic heterocycles. The Balaban J connectivity index is 2.61. The Bertz CT molecular complexity index is 308. The summed E-state index contributed by atoms with van der Waals surface area (Å²) in [7, 11) is 0. The first-order valence-corrected chi connectivity index (χ1v) is 6.46. The zero-order chi connectivity index (χ0) is 12.8. The van der Waals surface area contributed by atoms with Crippen LogP contribution < -0.4 is 0 Å². The van der Waals surface area contributed by atoms with Gasteiger partial charge in [-0.2, -0.15) is 0 Å². The van der Waals surface area contributed by atoms with Crippen LogP contribution in [0.25, 0.3) is 0 Å². The van der Waals surface area contributed by atoms with E-state index >= 15 is 0 Å². The van der Waals surface area contributed by atoms with Crippen molar-refractivity contribution in [2.75, 3.05) is 6.54 Å². The third kappa shape index (κ3) is 4.88. The summed E-state index contributed by atoms with van der Waals surface area (Å²) in [5.74, 6) is 0.312. The van der Waals surface area contributed by atoms with Gasteiger partial charge in [-0.25, -0.2) is 0 Å². The molecule has 1 aromatic carbocycles. The Kier molecular flexibility index (Phi) is 5.66. The van der Waals surface area contributed by atoms with E-state index in [-0.39, 0.29) is 6.10 Å². The van der Waals surface area contributed by atoms with Crippen molar-refractivity contribution in [3.8, 4) is 0 Å². The van der Waals surface area contributed by atoms with Crippen LogP contribution in [-0.4, -0.2) is 28.7 Å². The standard InChI is InChI=1S/C15H25NO/c1-12(2)15(17)11-16(13(3)4)10-14-8-6-5-7-9-14/h5-9,12-13,15,17H,10-11H2,1-4H3. The van der Waals surface area contributed by atoms with Gasteiger partial charge in [0.15, 0.2) is 0 Å². The van der Waals surface area contributed by atoms with Crippen molar-refractivity contribution in [1.82, 2.24) is 4.90 Å². The summed E-state index contributed by atoms with van der Waals surface area (Å²) >= 11 is 0. The predicted octanol–water partition coefficient (Wildman–Crippen LogP) is 2.91. The van der Waals surface area contributed by atoms with Crippen LogP contribution in [0.15, 0.2) is 30.3 Å². The first-order chi connectivity index (χ1) is 8.00. The fourth-order valence-electron chi connectivity index (χ4n) is 1.73. The monoisotopic (exact) mass is 235 g/mol. The van der Waals surface area contributed by atoms with Gasteiger partial charge in [0.05, 0.1) is 6.10 Å². The second-order valence-corrected chi connectivity index (χ2v) is 5.32. The molecular formula is C15H25NO. The Morgan fingerprint density at radius 1 is 1.06 bits per heavy atom. The lowest BCUT2D eigenvalue weighted by Gasteiger charge is -2.30. The summed E-state index contributed by atoms with van der Waals surface area (Å²) in [5.41, 5.74) is 1.30. The number of benzene rings is 1. The molecular weight excluding hydrogens is 210 g/mol. The zero-order valence-electron chi connectivity index (χ0n) is 11.4. The van der Waals surface area contributed by atoms with Gasteiger partial charge in [-0.3, -0.25) is 4.90 Å². The molecule has 17 heavy (non-hydrogen) atoms. The molecule has 96 valence electrons. The van der Waals surface area contributed by atoms with Crippen molar-refractivity contribution in [3.05, 3.63) is 35.9 Å². The fraction of sp³-hybridized carbons (Fsp3) is 0.600. The second-order valence-electron chi connectivity index (χ2n) is 5.32. The largest absolute Gasteiger partial charge is 0.392 e. The average Bonchev–Trinajstić information content (AvgIpc) is 2.29. The summed E-state index contributed by atoms with van der Waals surface area (Å²) < 4.78 is 0. The van der Waals surface area contributed by atoms with E-state index in [1.54, 1.807) is 0 Å². The maximum atomic E-state index is 9.98. The smallest absolute Gasteiger partial charge is 0.0690 e. The van der Waals surface area contributed by atoms with E-state index in [4.69, 9.17) is 0 Å². The third-order valence-electron chi connectivity index (χ3n) is 3.15. The molecule has 0 bridgehead atoms. The highest BCUT2D eigenvalue weighted by atomic mass is 16.3. The first kappa shape index (κ1) is 14.2. The molecule has 0 aliphatic heterocycles. The normalized spacial score (nSPS) is 13.6. The first-order valence-electron chi connectivity index (χ1n) is 6.46. The van der Waals surface area contributed by atoms with Crippen molar-refractivity contribution in [2.24, 2.45) is 5.92 Å². The number of nitrogens with zero attached hydrogens (tertiary/aromatic N) is 1. The van der Waals surface area contributed by atoms with E-state index in [0.29, 0.717) is 12.0 Å². The molecule has 0 amide bonds. The molecule has 0 aliphatic rings. The number of aliphatic hydroxyl groups excluding tert-OH is 1. The van der Waals surface area contributed by atoms with Crippen molar-refractivity contribution < 1.29 is 5.11 Å². The Hall–Kier alpha value is -0.860. The van der Waals surface area contributed by atoms with Gasteiger partial charge in [0, 0.05) is 19.1 Å². The van der Waals surface area contributed by atoms with Gasteiger partial charge in [0.25, 0.3) is 0 Å². The van der Waals surface area contributed by atoms with Crippen molar-refractivity contribution in [2.45, 2.75) is 46.4 Å². The maximum absolute atomic E-state index is 9.98. The molecule has 0 saturated heterocycles. The van der Waals surface area contributed by atoms with Crippen LogP contribution in [0, 0.1) is 5.92 Å². The van der Waals surface area contributed by atoms with Crippen molar-refractivity contribution in [1.29, 1.82) is 0 Å². The Morgan fingerprint density at radius 2 is 1.65 bits per heavy atom. The second kappa shape index (κ2) is 6.77. The predicted molar refractivity (Wildman–Crippen MR) is 72.8 cm³/mol. The zero-order valence-corrected chi connectivity index (χ0v) is 11.4. The molecule has 1 unspecified atom stereocenters. The van der Waals surface area contributed by atoms with Crippen LogP contribution in [0.1, 0.15) is 33.3 Å². The quantitative estimate of drug-likeness (QED) is 0.819. The number of aliphatic hydroxyl groups is 1. The summed E-state index contributed by atoms with van der Waals surface area (Å²) in [6, 6.07) is 10.9. The topological polar surface area (TPSA) is 23.5 Å². The Labute approximate surface area is 105 Å². The fourth-order valence-corrected chi connectivity index (χ4v) is 1.73. The third-order valence-corrected chi connectivity index (χ3v) is 3.15. The minimum atomic E-state index is -0.249. The van der Waals surface area contributed by atoms with Crippen LogP contribution in [-0.2, 0) is 6.54 Å². The molecule has 1 rings (SSSR count). The van der Waals surface area contributed by atoms with Gasteiger partial charge in [0.1, 0.15) is 0 Å². The maximum Gasteiger partial charge on any atom is 0.0690 e. The van der Waals surface area contributed by atoms with E-state index < -0.39 is 0 Å². The minimum Gasteiger partial charge on any atom is -0.392 e. The molecule has 0 heterocycles.